The molecule has 2 heterocycles. The predicted octanol–water partition coefficient (Wildman–Crippen LogP) is 5.89. The van der Waals surface area contributed by atoms with Gasteiger partial charge in [-0.25, -0.2) is 8.42 Å². The fourth-order valence-electron chi connectivity index (χ4n) is 3.54. The van der Waals surface area contributed by atoms with E-state index in [9.17, 15) is 13.2 Å². The lowest BCUT2D eigenvalue weighted by Gasteiger charge is -2.24. The number of hydrogen-bond donors (Lipinski definition) is 1. The van der Waals surface area contributed by atoms with Crippen molar-refractivity contribution in [1.82, 2.24) is 0 Å². The van der Waals surface area contributed by atoms with Gasteiger partial charge in [-0.05, 0) is 48.4 Å². The van der Waals surface area contributed by atoms with Crippen LogP contribution in [-0.4, -0.2) is 20.9 Å². The Labute approximate surface area is 190 Å². The Kier molecular flexibility index (Phi) is 6.36. The Morgan fingerprint density at radius 1 is 1.13 bits per heavy atom. The number of benzene rings is 2. The van der Waals surface area contributed by atoms with Crippen molar-refractivity contribution in [1.29, 1.82) is 0 Å². The minimum Gasteiger partial charge on any atom is -0.494 e. The van der Waals surface area contributed by atoms with Crippen LogP contribution in [0.15, 0.2) is 63.7 Å². The Morgan fingerprint density at radius 2 is 1.84 bits per heavy atom. The van der Waals surface area contributed by atoms with Crippen molar-refractivity contribution >= 4 is 44.4 Å². The number of halogens is 1. The van der Waals surface area contributed by atoms with E-state index in [0.717, 1.165) is 29.0 Å². The molecule has 3 aromatic rings. The van der Waals surface area contributed by atoms with Crippen molar-refractivity contribution in [2.75, 3.05) is 11.9 Å². The van der Waals surface area contributed by atoms with E-state index in [4.69, 9.17) is 16.3 Å². The molecule has 162 valence electrons. The molecule has 31 heavy (non-hydrogen) atoms. The fourth-order valence-corrected chi connectivity index (χ4v) is 6.58. The van der Waals surface area contributed by atoms with E-state index in [1.54, 1.807) is 17.5 Å². The SMILES string of the molecule is CCCCOc1ccc(C2CC(=O)Nc3c(S(=O)(=O)c4ccc(Cl)cc4)csc32)cc1. The number of nitrogens with one attached hydrogen (secondary N) is 1. The summed E-state index contributed by atoms with van der Waals surface area (Å²) in [4.78, 5) is 13.6. The van der Waals surface area contributed by atoms with Gasteiger partial charge in [-0.2, -0.15) is 0 Å². The molecule has 1 unspecified atom stereocenters. The quantitative estimate of drug-likeness (QED) is 0.432. The molecule has 0 aliphatic carbocycles. The van der Waals surface area contributed by atoms with E-state index >= 15 is 0 Å². The van der Waals surface area contributed by atoms with E-state index < -0.39 is 9.84 Å². The van der Waals surface area contributed by atoms with Crippen molar-refractivity contribution in [3.8, 4) is 5.75 Å². The highest BCUT2D eigenvalue weighted by Gasteiger charge is 2.34. The summed E-state index contributed by atoms with van der Waals surface area (Å²) in [5.74, 6) is 0.384. The molecule has 1 N–H and O–H groups in total. The molecule has 2 aromatic carbocycles. The number of fused-ring (bicyclic) bond motifs is 1. The van der Waals surface area contributed by atoms with Crippen molar-refractivity contribution in [3.05, 3.63) is 69.4 Å². The zero-order valence-electron chi connectivity index (χ0n) is 16.9. The second-order valence-corrected chi connectivity index (χ2v) is 10.6. The molecule has 0 saturated carbocycles. The van der Waals surface area contributed by atoms with Gasteiger partial charge in [0.2, 0.25) is 15.7 Å². The van der Waals surface area contributed by atoms with E-state index in [0.29, 0.717) is 17.3 Å². The van der Waals surface area contributed by atoms with Crippen LogP contribution < -0.4 is 10.1 Å². The van der Waals surface area contributed by atoms with E-state index in [1.807, 2.05) is 24.3 Å². The number of carbonyl (C=O) groups excluding carboxylic acids is 1. The van der Waals surface area contributed by atoms with Crippen LogP contribution in [-0.2, 0) is 14.6 Å². The number of thiophene rings is 1. The Morgan fingerprint density at radius 3 is 2.52 bits per heavy atom. The third kappa shape index (κ3) is 4.49. The van der Waals surface area contributed by atoms with Gasteiger partial charge in [0.1, 0.15) is 10.6 Å². The summed E-state index contributed by atoms with van der Waals surface area (Å²) < 4.78 is 32.1. The molecule has 0 spiro atoms. The van der Waals surface area contributed by atoms with Gasteiger partial charge in [0.15, 0.2) is 0 Å². The summed E-state index contributed by atoms with van der Waals surface area (Å²) in [5.41, 5.74) is 1.33. The molecule has 0 fully saturated rings. The summed E-state index contributed by atoms with van der Waals surface area (Å²) in [6, 6.07) is 13.7. The minimum absolute atomic E-state index is 0.118. The lowest BCUT2D eigenvalue weighted by Crippen LogP contribution is -2.23. The summed E-state index contributed by atoms with van der Waals surface area (Å²) >= 11 is 7.25. The number of anilines is 1. The maximum absolute atomic E-state index is 13.2. The van der Waals surface area contributed by atoms with Gasteiger partial charge >= 0.3 is 0 Å². The second-order valence-electron chi connectivity index (χ2n) is 7.37. The van der Waals surface area contributed by atoms with Crippen LogP contribution in [0.3, 0.4) is 0 Å². The number of rotatable bonds is 7. The monoisotopic (exact) mass is 475 g/mol. The molecule has 1 amide bonds. The molecule has 0 bridgehead atoms. The summed E-state index contributed by atoms with van der Waals surface area (Å²) in [7, 11) is -3.79. The van der Waals surface area contributed by atoms with E-state index in [-0.39, 0.29) is 28.0 Å². The lowest BCUT2D eigenvalue weighted by atomic mass is 9.90. The molecular formula is C23H22ClNO4S2. The zero-order valence-corrected chi connectivity index (χ0v) is 19.3. The van der Waals surface area contributed by atoms with Crippen molar-refractivity contribution in [2.45, 2.75) is 41.9 Å². The van der Waals surface area contributed by atoms with Crippen LogP contribution >= 0.6 is 22.9 Å². The zero-order chi connectivity index (χ0) is 22.0. The smallest absolute Gasteiger partial charge is 0.225 e. The summed E-state index contributed by atoms with van der Waals surface area (Å²) in [6.45, 7) is 2.78. The first-order valence-corrected chi connectivity index (χ1v) is 12.8. The van der Waals surface area contributed by atoms with Gasteiger partial charge in [0.05, 0.1) is 17.2 Å². The third-order valence-electron chi connectivity index (χ3n) is 5.22. The first kappa shape index (κ1) is 21.9. The first-order valence-electron chi connectivity index (χ1n) is 10.0. The van der Waals surface area contributed by atoms with Crippen LogP contribution in [0.25, 0.3) is 0 Å². The average Bonchev–Trinajstić information content (AvgIpc) is 3.19. The molecule has 4 rings (SSSR count). The Hall–Kier alpha value is -2.35. The number of hydrogen-bond acceptors (Lipinski definition) is 5. The molecule has 1 aromatic heterocycles. The molecule has 1 aliphatic heterocycles. The van der Waals surface area contributed by atoms with Gasteiger partial charge < -0.3 is 10.1 Å². The maximum atomic E-state index is 13.2. The molecule has 5 nitrogen and oxygen atoms in total. The van der Waals surface area contributed by atoms with Crippen LogP contribution in [0.5, 0.6) is 5.75 Å². The summed E-state index contributed by atoms with van der Waals surface area (Å²) in [6.07, 6.45) is 2.33. The van der Waals surface area contributed by atoms with Crippen LogP contribution in [0.1, 0.15) is 42.5 Å². The average molecular weight is 476 g/mol. The number of sulfone groups is 1. The molecular weight excluding hydrogens is 454 g/mol. The number of ether oxygens (including phenoxy) is 1. The number of unbranched alkanes of at least 4 members (excludes halogenated alkanes) is 1. The van der Waals surface area contributed by atoms with Crippen LogP contribution in [0.4, 0.5) is 5.69 Å². The van der Waals surface area contributed by atoms with Crippen molar-refractivity contribution in [2.24, 2.45) is 0 Å². The fraction of sp³-hybridized carbons (Fsp3) is 0.261. The standard InChI is InChI=1S/C23H22ClNO4S2/c1-2-3-12-29-17-8-4-15(5-9-17)19-13-21(26)25-22-20(14-30-23(19)22)31(27,28)18-10-6-16(24)7-11-18/h4-11,14,19H,2-3,12-13H2,1H3,(H,25,26). The van der Waals surface area contributed by atoms with E-state index in [2.05, 4.69) is 12.2 Å². The normalized spacial score (nSPS) is 15.9. The molecule has 1 aliphatic rings. The third-order valence-corrected chi connectivity index (χ3v) is 8.51. The maximum Gasteiger partial charge on any atom is 0.225 e. The van der Waals surface area contributed by atoms with Crippen molar-refractivity contribution in [3.63, 3.8) is 0 Å². The minimum atomic E-state index is -3.79. The highest BCUT2D eigenvalue weighted by atomic mass is 35.5. The van der Waals surface area contributed by atoms with Gasteiger partial charge in [0, 0.05) is 27.6 Å². The molecule has 0 radical (unpaired) electrons. The summed E-state index contributed by atoms with van der Waals surface area (Å²) in [5, 5.41) is 4.85. The topological polar surface area (TPSA) is 72.5 Å². The lowest BCUT2D eigenvalue weighted by molar-refractivity contribution is -0.116. The van der Waals surface area contributed by atoms with Gasteiger partial charge in [-0.3, -0.25) is 4.79 Å². The number of carbonyl (C=O) groups is 1. The number of amides is 1. The molecule has 8 heteroatoms. The predicted molar refractivity (Wildman–Crippen MR) is 123 cm³/mol. The highest BCUT2D eigenvalue weighted by molar-refractivity contribution is 7.91. The molecule has 1 atom stereocenters. The molecule has 0 saturated heterocycles. The first-order chi connectivity index (χ1) is 14.9. The largest absolute Gasteiger partial charge is 0.494 e. The second kappa shape index (κ2) is 9.02. The van der Waals surface area contributed by atoms with Crippen molar-refractivity contribution < 1.29 is 17.9 Å². The Bertz CT molecular complexity index is 1190. The Balaban J connectivity index is 1.66. The van der Waals surface area contributed by atoms with Gasteiger partial charge in [-0.15, -0.1) is 11.3 Å². The van der Waals surface area contributed by atoms with Gasteiger partial charge in [-0.1, -0.05) is 37.1 Å². The highest BCUT2D eigenvalue weighted by Crippen LogP contribution is 2.46. The van der Waals surface area contributed by atoms with Crippen LogP contribution in [0, 0.1) is 0 Å². The van der Waals surface area contributed by atoms with Gasteiger partial charge in [0.25, 0.3) is 0 Å². The van der Waals surface area contributed by atoms with Crippen LogP contribution in [0.2, 0.25) is 5.02 Å². The van der Waals surface area contributed by atoms with E-state index in [1.165, 1.54) is 23.5 Å².